The molecule has 2 N–H and O–H groups in total. The summed E-state index contributed by atoms with van der Waals surface area (Å²) in [7, 11) is 0. The van der Waals surface area contributed by atoms with Gasteiger partial charge < -0.3 is 25.0 Å². The van der Waals surface area contributed by atoms with Crippen LogP contribution in [0.1, 0.15) is 36.9 Å². The van der Waals surface area contributed by atoms with E-state index in [0.29, 0.717) is 51.1 Å². The third kappa shape index (κ3) is 8.02. The molecule has 2 aromatic rings. The van der Waals surface area contributed by atoms with Crippen LogP contribution in [-0.4, -0.2) is 95.4 Å². The molecule has 214 valence electrons. The van der Waals surface area contributed by atoms with Gasteiger partial charge in [0.15, 0.2) is 0 Å². The van der Waals surface area contributed by atoms with Crippen molar-refractivity contribution in [2.45, 2.75) is 38.5 Å². The molecule has 11 heteroatoms. The molecule has 1 fully saturated rings. The Kier molecular flexibility index (Phi) is 12.4. The van der Waals surface area contributed by atoms with E-state index in [1.54, 1.807) is 34.2 Å². The topological polar surface area (TPSA) is 129 Å². The Morgan fingerprint density at radius 1 is 1.15 bits per heavy atom. The number of ether oxygens (including phenoxy) is 1. The van der Waals surface area contributed by atoms with Gasteiger partial charge in [-0.15, -0.1) is 0 Å². The maximum Gasteiger partial charge on any atom is 0.334 e. The summed E-state index contributed by atoms with van der Waals surface area (Å²) in [5.41, 5.74) is 1.52. The Balaban J connectivity index is 1.93. The van der Waals surface area contributed by atoms with Crippen molar-refractivity contribution < 1.29 is 24.2 Å². The first-order valence-electron chi connectivity index (χ1n) is 13.5. The second kappa shape index (κ2) is 16.2. The number of nitrogens with zero attached hydrogens (tertiary/aromatic N) is 5. The Labute approximate surface area is 235 Å². The smallest absolute Gasteiger partial charge is 0.334 e. The number of carbonyl (C=O) groups is 3. The molecule has 2 atom stereocenters. The van der Waals surface area contributed by atoms with Crippen LogP contribution in [0.15, 0.2) is 60.7 Å². The summed E-state index contributed by atoms with van der Waals surface area (Å²) in [5, 5.41) is 24.4. The molecule has 11 nitrogen and oxygen atoms in total. The fourth-order valence-electron chi connectivity index (χ4n) is 4.70. The van der Waals surface area contributed by atoms with Crippen LogP contribution in [-0.2, 0) is 20.9 Å². The minimum Gasteiger partial charge on any atom is -0.396 e. The number of hydrazine groups is 1. The van der Waals surface area contributed by atoms with Crippen LogP contribution in [0.3, 0.4) is 0 Å². The number of piperazine rings is 1. The second-order valence-corrected chi connectivity index (χ2v) is 9.30. The first kappa shape index (κ1) is 30.6. The Bertz CT molecular complexity index is 1110. The fourth-order valence-corrected chi connectivity index (χ4v) is 4.70. The van der Waals surface area contributed by atoms with Gasteiger partial charge in [0.1, 0.15) is 18.8 Å². The van der Waals surface area contributed by atoms with Crippen molar-refractivity contribution in [2.24, 2.45) is 0 Å². The van der Waals surface area contributed by atoms with E-state index >= 15 is 0 Å². The lowest BCUT2D eigenvalue weighted by atomic mass is 10.0. The number of nitriles is 1. The molecule has 0 spiro atoms. The second-order valence-electron chi connectivity index (χ2n) is 9.30. The molecule has 2 aromatic carbocycles. The number of urea groups is 1. The predicted octanol–water partition coefficient (Wildman–Crippen LogP) is 2.12. The van der Waals surface area contributed by atoms with Gasteiger partial charge in [-0.3, -0.25) is 9.59 Å². The van der Waals surface area contributed by atoms with Gasteiger partial charge in [-0.25, -0.2) is 14.8 Å². The molecule has 0 saturated carbocycles. The molecular formula is C29H38N6O5. The lowest BCUT2D eigenvalue weighted by Gasteiger charge is -2.50. The molecule has 1 heterocycles. The normalized spacial score (nSPS) is 17.0. The van der Waals surface area contributed by atoms with Gasteiger partial charge in [-0.05, 0) is 24.0 Å². The van der Waals surface area contributed by atoms with Crippen LogP contribution < -0.4 is 5.32 Å². The molecule has 1 unspecified atom stereocenters. The average Bonchev–Trinajstić information content (AvgIpc) is 2.99. The highest BCUT2D eigenvalue weighted by Gasteiger charge is 2.45. The molecule has 40 heavy (non-hydrogen) atoms. The van der Waals surface area contributed by atoms with Crippen molar-refractivity contribution in [3.05, 3.63) is 71.8 Å². The lowest BCUT2D eigenvalue weighted by Crippen LogP contribution is -2.68. The van der Waals surface area contributed by atoms with E-state index in [1.807, 2.05) is 43.3 Å². The zero-order valence-corrected chi connectivity index (χ0v) is 22.9. The predicted molar refractivity (Wildman–Crippen MR) is 148 cm³/mol. The molecule has 1 saturated heterocycles. The number of rotatable bonds is 15. The molecular weight excluding hydrogens is 512 g/mol. The Morgan fingerprint density at radius 2 is 1.82 bits per heavy atom. The Hall–Kier alpha value is -3.98. The minimum absolute atomic E-state index is 0.0470. The van der Waals surface area contributed by atoms with Crippen LogP contribution in [0.5, 0.6) is 0 Å². The number of hydrogen-bond acceptors (Lipinski definition) is 7. The average molecular weight is 551 g/mol. The summed E-state index contributed by atoms with van der Waals surface area (Å²) in [6.45, 7) is 3.62. The van der Waals surface area contributed by atoms with E-state index in [0.717, 1.165) is 5.56 Å². The van der Waals surface area contributed by atoms with Crippen molar-refractivity contribution in [1.82, 2.24) is 25.1 Å². The summed E-state index contributed by atoms with van der Waals surface area (Å²) >= 11 is 0. The quantitative estimate of drug-likeness (QED) is 0.150. The van der Waals surface area contributed by atoms with Crippen molar-refractivity contribution in [3.8, 4) is 6.07 Å². The molecule has 1 aliphatic heterocycles. The number of hydrogen-bond donors (Lipinski definition) is 2. The summed E-state index contributed by atoms with van der Waals surface area (Å²) in [6, 6.07) is 19.1. The van der Waals surface area contributed by atoms with Gasteiger partial charge >= 0.3 is 6.03 Å². The summed E-state index contributed by atoms with van der Waals surface area (Å²) in [5.74, 6) is -0.252. The van der Waals surface area contributed by atoms with E-state index in [2.05, 4.69) is 11.4 Å². The van der Waals surface area contributed by atoms with Gasteiger partial charge in [0.2, 0.25) is 12.3 Å². The SMILES string of the molecule is CCN(CC#N)N(C(=O)NCc1ccccc1)C1CN(CCCOCCCO)C(=O)[C@H](c2ccccc2)N1C=O. The highest BCUT2D eigenvalue weighted by molar-refractivity contribution is 5.87. The van der Waals surface area contributed by atoms with Gasteiger partial charge in [0.05, 0.1) is 12.6 Å². The lowest BCUT2D eigenvalue weighted by molar-refractivity contribution is -0.166. The van der Waals surface area contributed by atoms with Gasteiger partial charge in [0, 0.05) is 39.5 Å². The first-order chi connectivity index (χ1) is 19.5. The van der Waals surface area contributed by atoms with Crippen LogP contribution in [0.25, 0.3) is 0 Å². The molecule has 1 aliphatic rings. The number of amides is 4. The van der Waals surface area contributed by atoms with Gasteiger partial charge in [-0.1, -0.05) is 67.6 Å². The molecule has 3 rings (SSSR count). The summed E-state index contributed by atoms with van der Waals surface area (Å²) < 4.78 is 5.54. The van der Waals surface area contributed by atoms with Crippen LogP contribution >= 0.6 is 0 Å². The van der Waals surface area contributed by atoms with Crippen molar-refractivity contribution >= 4 is 18.3 Å². The van der Waals surface area contributed by atoms with Gasteiger partial charge in [-0.2, -0.15) is 5.26 Å². The zero-order valence-electron chi connectivity index (χ0n) is 22.9. The molecule has 0 radical (unpaired) electrons. The van der Waals surface area contributed by atoms with Crippen molar-refractivity contribution in [1.29, 1.82) is 5.26 Å². The third-order valence-corrected chi connectivity index (χ3v) is 6.67. The van der Waals surface area contributed by atoms with Crippen LogP contribution in [0.4, 0.5) is 4.79 Å². The zero-order chi connectivity index (χ0) is 28.7. The fraction of sp³-hybridized carbons (Fsp3) is 0.448. The molecule has 0 aliphatic carbocycles. The van der Waals surface area contributed by atoms with E-state index in [-0.39, 0.29) is 32.1 Å². The number of carbonyl (C=O) groups excluding carboxylic acids is 3. The summed E-state index contributed by atoms with van der Waals surface area (Å²) in [6.07, 6.45) is 0.823. The van der Waals surface area contributed by atoms with Crippen molar-refractivity contribution in [2.75, 3.05) is 46.0 Å². The van der Waals surface area contributed by atoms with Crippen LogP contribution in [0.2, 0.25) is 0 Å². The van der Waals surface area contributed by atoms with E-state index in [1.165, 1.54) is 9.91 Å². The number of aliphatic hydroxyl groups excluding tert-OH is 1. The van der Waals surface area contributed by atoms with E-state index < -0.39 is 18.2 Å². The standard InChI is InChI=1S/C29H38N6O5/c1-2-33(17-15-30)35(29(39)31-21-24-11-5-3-6-12-24)26-22-32(16-9-19-40-20-10-18-36)28(38)27(34(26)23-37)25-13-7-4-8-14-25/h3-8,11-14,23,26-27,36H,2,9-10,16-22H2,1H3,(H,31,39)/t26?,27-/m0/s1. The highest BCUT2D eigenvalue weighted by Crippen LogP contribution is 2.31. The first-order valence-corrected chi connectivity index (χ1v) is 13.5. The number of aliphatic hydroxyl groups is 1. The van der Waals surface area contributed by atoms with Crippen LogP contribution in [0, 0.1) is 11.3 Å². The largest absolute Gasteiger partial charge is 0.396 e. The molecule has 4 amide bonds. The summed E-state index contributed by atoms with van der Waals surface area (Å²) in [4.78, 5) is 43.1. The molecule has 0 aromatic heterocycles. The molecule has 0 bridgehead atoms. The Morgan fingerprint density at radius 3 is 2.45 bits per heavy atom. The van der Waals surface area contributed by atoms with E-state index in [4.69, 9.17) is 9.84 Å². The van der Waals surface area contributed by atoms with E-state index in [9.17, 15) is 19.6 Å². The maximum absolute atomic E-state index is 13.7. The monoisotopic (exact) mass is 550 g/mol. The highest BCUT2D eigenvalue weighted by atomic mass is 16.5. The van der Waals surface area contributed by atoms with Gasteiger partial charge in [0.25, 0.3) is 0 Å². The number of nitrogens with one attached hydrogen (secondary N) is 1. The number of benzene rings is 2. The maximum atomic E-state index is 13.7. The third-order valence-electron chi connectivity index (χ3n) is 6.67. The minimum atomic E-state index is -0.946. The van der Waals surface area contributed by atoms with Crippen molar-refractivity contribution in [3.63, 3.8) is 0 Å².